The highest BCUT2D eigenvalue weighted by atomic mass is 31.2. The van der Waals surface area contributed by atoms with Crippen molar-refractivity contribution < 1.29 is 33.4 Å². The lowest BCUT2D eigenvalue weighted by Crippen LogP contribution is -2.47. The van der Waals surface area contributed by atoms with Crippen molar-refractivity contribution in [2.75, 3.05) is 24.3 Å². The molecule has 12 heteroatoms. The van der Waals surface area contributed by atoms with Crippen LogP contribution in [0.5, 0.6) is 0 Å². The summed E-state index contributed by atoms with van der Waals surface area (Å²) in [6.45, 7) is 3.24. The minimum atomic E-state index is -4.14. The number of hydrogen-bond donors (Lipinski definition) is 4. The first-order valence-electron chi connectivity index (χ1n) is 15.2. The number of nitrogens with one attached hydrogen (secondary N) is 3. The average Bonchev–Trinajstić information content (AvgIpc) is 3.27. The van der Waals surface area contributed by atoms with Crippen molar-refractivity contribution in [1.29, 1.82) is 0 Å². The lowest BCUT2D eigenvalue weighted by molar-refractivity contribution is -0.129. The summed E-state index contributed by atoms with van der Waals surface area (Å²) in [6.07, 6.45) is -0.101. The van der Waals surface area contributed by atoms with E-state index in [4.69, 9.17) is 0 Å². The topological polar surface area (TPSA) is 162 Å². The van der Waals surface area contributed by atoms with Crippen LogP contribution < -0.4 is 16.0 Å². The number of fused-ring (bicyclic) bond motifs is 1. The van der Waals surface area contributed by atoms with Gasteiger partial charge in [-0.25, -0.2) is 0 Å². The fraction of sp³-hybridized carbons (Fsp3) is 0.324. The van der Waals surface area contributed by atoms with Crippen LogP contribution in [0, 0.1) is 11.8 Å². The molecule has 1 aliphatic rings. The predicted octanol–water partition coefficient (Wildman–Crippen LogP) is 4.05. The molecule has 242 valence electrons. The van der Waals surface area contributed by atoms with Gasteiger partial charge in [0.25, 0.3) is 11.8 Å². The highest BCUT2D eigenvalue weighted by Crippen LogP contribution is 2.42. The molecule has 4 N–H and O–H groups in total. The first-order chi connectivity index (χ1) is 21.9. The van der Waals surface area contributed by atoms with Crippen LogP contribution in [0.15, 0.2) is 84.9 Å². The zero-order valence-corrected chi connectivity index (χ0v) is 26.7. The van der Waals surface area contributed by atoms with Gasteiger partial charge in [0.05, 0.1) is 17.4 Å². The van der Waals surface area contributed by atoms with Crippen molar-refractivity contribution >= 4 is 42.6 Å². The van der Waals surface area contributed by atoms with E-state index in [1.54, 1.807) is 36.4 Å². The number of nitrogens with zero attached hydrogens (tertiary/aromatic N) is 1. The average molecular weight is 647 g/mol. The molecule has 3 unspecified atom stereocenters. The maximum atomic E-state index is 13.6. The fourth-order valence-electron chi connectivity index (χ4n) is 5.24. The molecule has 0 saturated carbocycles. The van der Waals surface area contributed by atoms with Gasteiger partial charge in [-0.05, 0) is 55.0 Å². The molecule has 0 aliphatic carbocycles. The summed E-state index contributed by atoms with van der Waals surface area (Å²) in [5.41, 5.74) is 1.89. The van der Waals surface area contributed by atoms with Crippen LogP contribution in [0.1, 0.15) is 53.0 Å². The second kappa shape index (κ2) is 15.6. The van der Waals surface area contributed by atoms with Crippen LogP contribution >= 0.6 is 7.37 Å². The van der Waals surface area contributed by atoms with Gasteiger partial charge in [-0.2, -0.15) is 0 Å². The van der Waals surface area contributed by atoms with E-state index in [0.29, 0.717) is 18.5 Å². The molecule has 3 atom stereocenters. The SMILES string of the molecule is CC(C)CC(NC(=O)C(CCc1ccccc1)CP(=O)(O)CNC(=O)CN1C(=O)c2ccccc2C1=O)C(=O)Nc1ccccc1. The predicted molar refractivity (Wildman–Crippen MR) is 174 cm³/mol. The first kappa shape index (κ1) is 34.3. The number of rotatable bonds is 15. The molecule has 1 heterocycles. The minimum Gasteiger partial charge on any atom is -0.345 e. The van der Waals surface area contributed by atoms with Crippen molar-refractivity contribution in [1.82, 2.24) is 15.5 Å². The maximum Gasteiger partial charge on any atom is 0.262 e. The van der Waals surface area contributed by atoms with Gasteiger partial charge in [-0.15, -0.1) is 0 Å². The van der Waals surface area contributed by atoms with Gasteiger partial charge in [-0.3, -0.25) is 33.4 Å². The second-order valence-electron chi connectivity index (χ2n) is 11.8. The molecule has 3 aromatic rings. The summed E-state index contributed by atoms with van der Waals surface area (Å²) in [7, 11) is -4.14. The zero-order chi connectivity index (χ0) is 33.3. The summed E-state index contributed by atoms with van der Waals surface area (Å²) in [6, 6.07) is 23.5. The van der Waals surface area contributed by atoms with Crippen molar-refractivity contribution in [2.45, 2.75) is 39.2 Å². The number of hydrogen-bond acceptors (Lipinski definition) is 6. The van der Waals surface area contributed by atoms with E-state index in [2.05, 4.69) is 16.0 Å². The van der Waals surface area contributed by atoms with Crippen molar-refractivity contribution in [3.05, 3.63) is 102 Å². The molecule has 0 radical (unpaired) electrons. The lowest BCUT2D eigenvalue weighted by Gasteiger charge is -2.25. The third-order valence-corrected chi connectivity index (χ3v) is 9.25. The second-order valence-corrected chi connectivity index (χ2v) is 14.2. The minimum absolute atomic E-state index is 0.0657. The van der Waals surface area contributed by atoms with E-state index in [-0.39, 0.29) is 23.5 Å². The molecule has 1 aliphatic heterocycles. The molecule has 0 aromatic heterocycles. The van der Waals surface area contributed by atoms with Crippen LogP contribution in [0.3, 0.4) is 0 Å². The van der Waals surface area contributed by atoms with Crippen LogP contribution in [0.2, 0.25) is 0 Å². The number of aryl methyl sites for hydroxylation is 1. The molecule has 0 saturated heterocycles. The number of carbonyl (C=O) groups excluding carboxylic acids is 5. The molecular formula is C34H39N4O7P. The van der Waals surface area contributed by atoms with E-state index in [1.807, 2.05) is 50.2 Å². The van der Waals surface area contributed by atoms with Crippen molar-refractivity contribution in [3.8, 4) is 0 Å². The van der Waals surface area contributed by atoms with Gasteiger partial charge in [0, 0.05) is 17.8 Å². The Morgan fingerprint density at radius 1 is 0.826 bits per heavy atom. The van der Waals surface area contributed by atoms with Crippen molar-refractivity contribution in [2.24, 2.45) is 11.8 Å². The Morgan fingerprint density at radius 2 is 1.39 bits per heavy atom. The van der Waals surface area contributed by atoms with E-state index < -0.39 is 67.9 Å². The van der Waals surface area contributed by atoms with Crippen molar-refractivity contribution in [3.63, 3.8) is 0 Å². The Hall–Kier alpha value is -4.60. The van der Waals surface area contributed by atoms with E-state index >= 15 is 0 Å². The number of para-hydroxylation sites is 1. The summed E-state index contributed by atoms with van der Waals surface area (Å²) in [5.74, 6) is -3.86. The molecule has 0 bridgehead atoms. The van der Waals surface area contributed by atoms with Gasteiger partial charge in [-0.1, -0.05) is 74.5 Å². The van der Waals surface area contributed by atoms with E-state index in [9.17, 15) is 33.4 Å². The highest BCUT2D eigenvalue weighted by molar-refractivity contribution is 7.58. The Labute approximate surface area is 268 Å². The Morgan fingerprint density at radius 3 is 1.98 bits per heavy atom. The van der Waals surface area contributed by atoms with Crippen LogP contribution in [-0.4, -0.2) is 64.4 Å². The van der Waals surface area contributed by atoms with E-state index in [0.717, 1.165) is 10.5 Å². The Bertz CT molecular complexity index is 1580. The smallest absolute Gasteiger partial charge is 0.262 e. The zero-order valence-electron chi connectivity index (χ0n) is 25.8. The normalized spacial score (nSPS) is 15.1. The van der Waals surface area contributed by atoms with Crippen LogP contribution in [0.25, 0.3) is 0 Å². The van der Waals surface area contributed by atoms with Crippen LogP contribution in [0.4, 0.5) is 5.69 Å². The quantitative estimate of drug-likeness (QED) is 0.143. The van der Waals surface area contributed by atoms with Gasteiger partial charge in [0.1, 0.15) is 12.6 Å². The standard InChI is InChI=1S/C34H39N4O7P/c1-23(2)19-29(32(41)36-26-13-7-4-8-14-26)37-31(40)25(18-17-24-11-5-3-6-12-24)21-46(44,45)22-35-30(39)20-38-33(42)27-15-9-10-16-28(27)34(38)43/h3-16,23,25,29H,17-22H2,1-2H3,(H,35,39)(H,36,41)(H,37,40)(H,44,45). The highest BCUT2D eigenvalue weighted by Gasteiger charge is 2.37. The van der Waals surface area contributed by atoms with E-state index in [1.165, 1.54) is 12.1 Å². The number of amides is 5. The number of imide groups is 1. The summed E-state index contributed by atoms with van der Waals surface area (Å²) in [4.78, 5) is 76.4. The van der Waals surface area contributed by atoms with Crippen LogP contribution in [-0.2, 0) is 25.4 Å². The first-order valence-corrected chi connectivity index (χ1v) is 17.2. The Balaban J connectivity index is 1.42. The number of carbonyl (C=O) groups is 5. The number of benzene rings is 3. The third-order valence-electron chi connectivity index (χ3n) is 7.59. The number of anilines is 1. The lowest BCUT2D eigenvalue weighted by atomic mass is 9.98. The van der Waals surface area contributed by atoms with Gasteiger partial charge < -0.3 is 20.8 Å². The fourth-order valence-corrected chi connectivity index (χ4v) is 6.83. The molecule has 0 fully saturated rings. The largest absolute Gasteiger partial charge is 0.345 e. The monoisotopic (exact) mass is 646 g/mol. The molecule has 3 aromatic carbocycles. The molecule has 0 spiro atoms. The summed E-state index contributed by atoms with van der Waals surface area (Å²) >= 11 is 0. The summed E-state index contributed by atoms with van der Waals surface area (Å²) < 4.78 is 13.4. The molecular weight excluding hydrogens is 607 g/mol. The van der Waals surface area contributed by atoms with Gasteiger partial charge in [0.2, 0.25) is 25.1 Å². The summed E-state index contributed by atoms with van der Waals surface area (Å²) in [5, 5.41) is 7.98. The molecule has 4 rings (SSSR count). The van der Waals surface area contributed by atoms with Gasteiger partial charge in [0.15, 0.2) is 0 Å². The molecule has 5 amide bonds. The third kappa shape index (κ3) is 9.45. The van der Waals surface area contributed by atoms with Gasteiger partial charge >= 0.3 is 0 Å². The molecule has 46 heavy (non-hydrogen) atoms. The Kier molecular flexibility index (Phi) is 11.6. The molecule has 11 nitrogen and oxygen atoms in total. The maximum absolute atomic E-state index is 13.6.